The normalized spacial score (nSPS) is 16.3. The molecule has 0 aromatic heterocycles. The highest BCUT2D eigenvalue weighted by Crippen LogP contribution is 2.49. The molecule has 1 saturated carbocycles. The second-order valence-corrected chi connectivity index (χ2v) is 33.6. The minimum atomic E-state index is -0.811. The van der Waals surface area contributed by atoms with E-state index in [2.05, 4.69) is 27.7 Å². The second-order valence-electron chi connectivity index (χ2n) is 33.6. The smallest absolute Gasteiger partial charge is 0.338 e. The topological polar surface area (TPSA) is 93.1 Å². The van der Waals surface area contributed by atoms with Gasteiger partial charge in [-0.3, -0.25) is 9.59 Å². The number of amides is 2. The highest BCUT2D eigenvalue weighted by molar-refractivity contribution is 6.01. The molecule has 1 N–H and O–H groups in total. The number of carbonyl (C=O) groups is 3. The van der Waals surface area contributed by atoms with Crippen LogP contribution in [-0.4, -0.2) is 47.3 Å². The summed E-state index contributed by atoms with van der Waals surface area (Å²) < 4.78 is 5.99. The Morgan fingerprint density at radius 2 is 0.606 bits per heavy atom. The number of methoxy groups -OCH3 is 1. The van der Waals surface area contributed by atoms with E-state index in [1.165, 1.54) is 430 Å². The monoisotopic (exact) mass is 1390 g/mol. The first kappa shape index (κ1) is 93.6. The predicted octanol–water partition coefficient (Wildman–Crippen LogP) is 30.4. The summed E-state index contributed by atoms with van der Waals surface area (Å²) in [5.74, 6) is 1.52. The zero-order valence-corrected chi connectivity index (χ0v) is 67.9. The number of nitrogens with zero attached hydrogens (tertiary/aromatic N) is 1. The summed E-state index contributed by atoms with van der Waals surface area (Å²) in [6.07, 6.45) is 102. The van der Waals surface area contributed by atoms with Crippen molar-refractivity contribution in [2.45, 2.75) is 534 Å². The summed E-state index contributed by atoms with van der Waals surface area (Å²) in [4.78, 5) is 43.1. The lowest BCUT2D eigenvalue weighted by atomic mass is 9.91. The average molecular weight is 1390 g/mol. The number of unbranched alkanes of at least 4 members (excludes halogenated alkanes) is 64. The molecule has 2 unspecified atom stereocenters. The third-order valence-corrected chi connectivity index (χ3v) is 24.2. The van der Waals surface area contributed by atoms with Crippen LogP contribution in [0.2, 0.25) is 0 Å². The first-order valence-electron chi connectivity index (χ1n) is 46.0. The molecular weight excluding hydrogens is 1220 g/mol. The van der Waals surface area contributed by atoms with Gasteiger partial charge in [0.25, 0.3) is 11.8 Å². The van der Waals surface area contributed by atoms with Gasteiger partial charge < -0.3 is 14.7 Å². The van der Waals surface area contributed by atoms with Crippen molar-refractivity contribution in [2.75, 3.05) is 7.11 Å². The largest absolute Gasteiger partial charge is 0.392 e. The number of carbonyl (C=O) groups excluding carboxylic acids is 3. The highest BCUT2D eigenvalue weighted by atomic mass is 16.7. The molecule has 586 valence electrons. The Balaban J connectivity index is 1.31. The van der Waals surface area contributed by atoms with Crippen molar-refractivity contribution in [3.8, 4) is 0 Å². The molecule has 1 saturated heterocycles. The van der Waals surface area contributed by atoms with Crippen LogP contribution in [0.3, 0.4) is 0 Å². The number of hydrogen-bond acceptors (Lipinski definition) is 6. The van der Waals surface area contributed by atoms with Gasteiger partial charge in [-0.15, -0.1) is 5.06 Å². The Labute approximate surface area is 619 Å². The molecule has 1 heterocycles. The van der Waals surface area contributed by atoms with Gasteiger partial charge in [0, 0.05) is 20.0 Å². The lowest BCUT2D eigenvalue weighted by Gasteiger charge is -2.23. The van der Waals surface area contributed by atoms with Gasteiger partial charge in [-0.05, 0) is 55.8 Å². The van der Waals surface area contributed by atoms with Crippen LogP contribution in [-0.2, 0) is 24.0 Å². The molecule has 99 heavy (non-hydrogen) atoms. The van der Waals surface area contributed by atoms with Crippen LogP contribution in [0.5, 0.6) is 0 Å². The zero-order chi connectivity index (χ0) is 71.2. The van der Waals surface area contributed by atoms with Gasteiger partial charge in [-0.25, -0.2) is 4.79 Å². The lowest BCUT2D eigenvalue weighted by molar-refractivity contribution is -0.203. The summed E-state index contributed by atoms with van der Waals surface area (Å²) in [7, 11) is 1.96. The van der Waals surface area contributed by atoms with Gasteiger partial charge in [0.1, 0.15) is 0 Å². The molecule has 2 amide bonds. The fraction of sp³-hybridized carbons (Fsp3) is 0.967. The fourth-order valence-electron chi connectivity index (χ4n) is 17.0. The van der Waals surface area contributed by atoms with E-state index in [4.69, 9.17) is 9.57 Å². The molecule has 7 heteroatoms. The van der Waals surface area contributed by atoms with Crippen LogP contribution in [0.15, 0.2) is 0 Å². The Morgan fingerprint density at radius 3 is 0.909 bits per heavy atom. The quantitative estimate of drug-likeness (QED) is 0.0482. The third kappa shape index (κ3) is 58.4. The number of ether oxygens (including phenoxy) is 1. The van der Waals surface area contributed by atoms with Crippen molar-refractivity contribution < 1.29 is 29.1 Å². The minimum Gasteiger partial charge on any atom is -0.392 e. The van der Waals surface area contributed by atoms with E-state index in [-0.39, 0.29) is 12.8 Å². The van der Waals surface area contributed by atoms with Gasteiger partial charge in [-0.1, -0.05) is 477 Å². The van der Waals surface area contributed by atoms with E-state index in [9.17, 15) is 19.5 Å². The van der Waals surface area contributed by atoms with E-state index in [0.29, 0.717) is 29.9 Å². The Kier molecular flexibility index (Phi) is 68.2. The van der Waals surface area contributed by atoms with Crippen molar-refractivity contribution in [3.05, 3.63) is 0 Å². The minimum absolute atomic E-state index is 0.0809. The SMILES string of the molecule is CCCCCCCCCCCCCCCCCCCCCCCCC(C(=O)ON1C(=O)CCC1=O)[C@H](O)CCCCCCCCCCCCCCCCCC[C@@H]1CC1[C@@H](C)CCCCCCCCCCCCCCCC[C@H](OC)[C@@H](C)CCCCCCCCCCCCCCCCCC. The van der Waals surface area contributed by atoms with Crippen molar-refractivity contribution >= 4 is 17.8 Å². The van der Waals surface area contributed by atoms with Crippen molar-refractivity contribution in [2.24, 2.45) is 29.6 Å². The summed E-state index contributed by atoms with van der Waals surface area (Å²) in [5, 5.41) is 11.9. The van der Waals surface area contributed by atoms with E-state index in [1.54, 1.807) is 0 Å². The number of rotatable bonds is 82. The molecule has 0 bridgehead atoms. The number of hydrogen-bond donors (Lipinski definition) is 1. The molecular formula is C92H177NO6. The molecule has 2 aliphatic rings. The Hall–Kier alpha value is -1.47. The maximum absolute atomic E-state index is 13.3. The first-order chi connectivity index (χ1) is 48.7. The summed E-state index contributed by atoms with van der Waals surface area (Å²) in [6, 6.07) is 0. The third-order valence-electron chi connectivity index (χ3n) is 24.2. The molecule has 2 fully saturated rings. The second kappa shape index (κ2) is 72.1. The molecule has 7 atom stereocenters. The molecule has 0 spiro atoms. The number of aliphatic hydroxyl groups excluding tert-OH is 1. The molecule has 2 rings (SSSR count). The standard InChI is InChI=1S/C92H177NO6/c1-6-8-10-12-14-16-18-20-22-24-25-26-27-28-29-34-41-47-53-59-65-71-77-86(92(97)99-93-90(95)80-81-91(93)96)88(94)78-72-66-60-54-48-42-35-31-30-33-40-46-52-58-64-70-76-85-82-87(85)83(3)74-68-62-56-50-44-38-36-37-43-49-55-61-67-73-79-89(98-5)84(4)75-69-63-57-51-45-39-32-23-21-19-17-15-13-11-9-7-2/h83-89,94H,6-82H2,1-5H3/t83-,84-,85+,86?,87?,88+,89-/m0/s1. The average Bonchev–Trinajstić information content (AvgIpc) is 1.70. The van der Waals surface area contributed by atoms with Gasteiger partial charge in [0.2, 0.25) is 0 Å². The van der Waals surface area contributed by atoms with Gasteiger partial charge in [0.15, 0.2) is 0 Å². The number of aliphatic hydroxyl groups is 1. The van der Waals surface area contributed by atoms with Crippen molar-refractivity contribution in [1.82, 2.24) is 5.06 Å². The van der Waals surface area contributed by atoms with Crippen LogP contribution in [0.4, 0.5) is 0 Å². The van der Waals surface area contributed by atoms with Crippen molar-refractivity contribution in [1.29, 1.82) is 0 Å². The van der Waals surface area contributed by atoms with Crippen LogP contribution < -0.4 is 0 Å². The molecule has 0 aromatic rings. The summed E-state index contributed by atoms with van der Waals surface area (Å²) in [6.45, 7) is 9.62. The maximum atomic E-state index is 13.3. The van der Waals surface area contributed by atoms with Gasteiger partial charge >= 0.3 is 5.97 Å². The summed E-state index contributed by atoms with van der Waals surface area (Å²) in [5.41, 5.74) is 0. The van der Waals surface area contributed by atoms with Crippen LogP contribution >= 0.6 is 0 Å². The summed E-state index contributed by atoms with van der Waals surface area (Å²) >= 11 is 0. The van der Waals surface area contributed by atoms with E-state index >= 15 is 0 Å². The molecule has 1 aliphatic carbocycles. The number of hydroxylamine groups is 2. The molecule has 1 aliphatic heterocycles. The fourth-order valence-corrected chi connectivity index (χ4v) is 17.0. The Bertz CT molecular complexity index is 1690. The van der Waals surface area contributed by atoms with Crippen molar-refractivity contribution in [3.63, 3.8) is 0 Å². The lowest BCUT2D eigenvalue weighted by Crippen LogP contribution is -2.38. The van der Waals surface area contributed by atoms with E-state index in [0.717, 1.165) is 56.3 Å². The molecule has 7 nitrogen and oxygen atoms in total. The molecule has 0 radical (unpaired) electrons. The van der Waals surface area contributed by atoms with Crippen LogP contribution in [0.1, 0.15) is 522 Å². The van der Waals surface area contributed by atoms with Crippen LogP contribution in [0, 0.1) is 29.6 Å². The maximum Gasteiger partial charge on any atom is 0.338 e. The van der Waals surface area contributed by atoms with E-state index in [1.807, 2.05) is 7.11 Å². The molecule has 0 aromatic carbocycles. The Morgan fingerprint density at radius 1 is 0.354 bits per heavy atom. The van der Waals surface area contributed by atoms with Gasteiger partial charge in [-0.2, -0.15) is 0 Å². The zero-order valence-electron chi connectivity index (χ0n) is 67.9. The highest BCUT2D eigenvalue weighted by Gasteiger charge is 2.40. The van der Waals surface area contributed by atoms with Crippen LogP contribution in [0.25, 0.3) is 0 Å². The number of imide groups is 1. The van der Waals surface area contributed by atoms with Gasteiger partial charge in [0.05, 0.1) is 18.1 Å². The van der Waals surface area contributed by atoms with E-state index < -0.39 is 29.8 Å². The first-order valence-corrected chi connectivity index (χ1v) is 46.0. The predicted molar refractivity (Wildman–Crippen MR) is 430 cm³/mol.